The number of hydrogen-bond acceptors (Lipinski definition) is 6. The fourth-order valence-electron chi connectivity index (χ4n) is 5.01. The van der Waals surface area contributed by atoms with Crippen LogP contribution >= 0.6 is 22.7 Å². The number of hydrogen-bond donors (Lipinski definition) is 1. The van der Waals surface area contributed by atoms with Gasteiger partial charge in [0.15, 0.2) is 6.23 Å². The summed E-state index contributed by atoms with van der Waals surface area (Å²) in [5.74, 6) is 0.739. The van der Waals surface area contributed by atoms with E-state index in [9.17, 15) is 9.90 Å². The molecule has 142 valence electrons. The van der Waals surface area contributed by atoms with Gasteiger partial charge in [0.05, 0.1) is 11.0 Å². The number of fused-ring (bicyclic) bond motifs is 8. The third-order valence-electron chi connectivity index (χ3n) is 6.24. The summed E-state index contributed by atoms with van der Waals surface area (Å²) in [6.07, 6.45) is -0.850. The zero-order valence-electron chi connectivity index (χ0n) is 15.2. The summed E-state index contributed by atoms with van der Waals surface area (Å²) in [5.41, 5.74) is 4.09. The van der Waals surface area contributed by atoms with Gasteiger partial charge in [-0.05, 0) is 41.1 Å². The van der Waals surface area contributed by atoms with Crippen LogP contribution in [-0.4, -0.2) is 24.0 Å². The Hall–Kier alpha value is -3.33. The standard InChI is InChI=1S/C22H10N4O2S2/c27-21-11-3-4-12-16-10(18-24-20-14(6-8-30-20)26(18)22(12)28)2-1-9(15(11)16)17-23-19-13(25(17)21)5-7-29-19/h1-8,21,27H. The maximum atomic E-state index is 13.5. The molecule has 2 aromatic carbocycles. The molecule has 6 heterocycles. The molecule has 0 saturated heterocycles. The molecule has 0 aliphatic carbocycles. The first kappa shape index (κ1) is 15.5. The summed E-state index contributed by atoms with van der Waals surface area (Å²) in [5, 5.41) is 18.5. The molecule has 1 N–H and O–H groups in total. The van der Waals surface area contributed by atoms with Crippen LogP contribution in [0.15, 0.2) is 52.0 Å². The van der Waals surface area contributed by atoms with E-state index in [-0.39, 0.29) is 5.56 Å². The zero-order chi connectivity index (χ0) is 19.7. The molecular formula is C22H10N4O2S2. The number of aliphatic hydroxyl groups excluding tert-OH is 1. The Morgan fingerprint density at radius 3 is 2.50 bits per heavy atom. The van der Waals surface area contributed by atoms with Crippen molar-refractivity contribution < 1.29 is 5.11 Å². The normalized spacial score (nSPS) is 16.0. The number of aromatic nitrogens is 4. The van der Waals surface area contributed by atoms with Crippen LogP contribution in [0.1, 0.15) is 11.8 Å². The van der Waals surface area contributed by atoms with E-state index in [1.54, 1.807) is 15.7 Å². The molecule has 30 heavy (non-hydrogen) atoms. The number of rotatable bonds is 0. The van der Waals surface area contributed by atoms with Gasteiger partial charge in [-0.3, -0.25) is 13.8 Å². The molecule has 1 unspecified atom stereocenters. The number of benzene rings is 2. The number of pyridine rings is 1. The van der Waals surface area contributed by atoms with Gasteiger partial charge in [-0.2, -0.15) is 0 Å². The Morgan fingerprint density at radius 2 is 1.63 bits per heavy atom. The highest BCUT2D eigenvalue weighted by Gasteiger charge is 2.31. The first-order valence-electron chi connectivity index (χ1n) is 9.47. The SMILES string of the molecule is O=c1c2ccc3c4c(ccc(c42)c2nc4sccc4n12)-c1nc2sccc2n1C3O. The summed E-state index contributed by atoms with van der Waals surface area (Å²) >= 11 is 3.09. The number of imidazole rings is 2. The fourth-order valence-corrected chi connectivity index (χ4v) is 6.50. The highest BCUT2D eigenvalue weighted by Crippen LogP contribution is 2.45. The second kappa shape index (κ2) is 4.86. The minimum atomic E-state index is -0.850. The van der Waals surface area contributed by atoms with Gasteiger partial charge in [-0.1, -0.05) is 6.07 Å². The predicted octanol–water partition coefficient (Wildman–Crippen LogP) is 4.58. The third kappa shape index (κ3) is 1.54. The minimum absolute atomic E-state index is 0.0773. The summed E-state index contributed by atoms with van der Waals surface area (Å²) in [6.45, 7) is 0. The Morgan fingerprint density at radius 1 is 0.867 bits per heavy atom. The smallest absolute Gasteiger partial charge is 0.264 e. The largest absolute Gasteiger partial charge is 0.369 e. The van der Waals surface area contributed by atoms with E-state index < -0.39 is 6.23 Å². The molecule has 8 rings (SSSR count). The molecule has 7 aromatic rings. The molecule has 5 aromatic heterocycles. The Balaban J connectivity index is 1.66. The van der Waals surface area contributed by atoms with Crippen molar-refractivity contribution in [3.05, 3.63) is 63.1 Å². The number of thiophene rings is 2. The van der Waals surface area contributed by atoms with Crippen LogP contribution in [0.25, 0.3) is 59.3 Å². The van der Waals surface area contributed by atoms with Crippen molar-refractivity contribution in [3.8, 4) is 11.4 Å². The molecule has 0 saturated carbocycles. The Kier molecular flexibility index (Phi) is 2.51. The minimum Gasteiger partial charge on any atom is -0.369 e. The second-order valence-electron chi connectivity index (χ2n) is 7.59. The fraction of sp³-hybridized carbons (Fsp3) is 0.0455. The lowest BCUT2D eigenvalue weighted by Crippen LogP contribution is -2.18. The van der Waals surface area contributed by atoms with E-state index in [2.05, 4.69) is 0 Å². The van der Waals surface area contributed by atoms with Gasteiger partial charge in [0.1, 0.15) is 21.1 Å². The van der Waals surface area contributed by atoms with Crippen LogP contribution in [0.3, 0.4) is 0 Å². The Bertz CT molecular complexity index is 1910. The van der Waals surface area contributed by atoms with Gasteiger partial charge in [-0.15, -0.1) is 22.7 Å². The van der Waals surface area contributed by atoms with Gasteiger partial charge >= 0.3 is 0 Å². The Labute approximate surface area is 175 Å². The molecule has 1 aliphatic rings. The van der Waals surface area contributed by atoms with Crippen molar-refractivity contribution >= 4 is 70.6 Å². The van der Waals surface area contributed by atoms with Crippen LogP contribution < -0.4 is 5.56 Å². The van der Waals surface area contributed by atoms with Crippen LogP contribution in [0.2, 0.25) is 0 Å². The monoisotopic (exact) mass is 426 g/mol. The maximum Gasteiger partial charge on any atom is 0.264 e. The lowest BCUT2D eigenvalue weighted by molar-refractivity contribution is 0.152. The average molecular weight is 426 g/mol. The van der Waals surface area contributed by atoms with E-state index in [4.69, 9.17) is 9.97 Å². The van der Waals surface area contributed by atoms with Crippen LogP contribution in [0.4, 0.5) is 0 Å². The topological polar surface area (TPSA) is 72.4 Å². The molecule has 0 spiro atoms. The van der Waals surface area contributed by atoms with E-state index in [1.165, 1.54) is 11.3 Å². The van der Waals surface area contributed by atoms with Gasteiger partial charge in [0.2, 0.25) is 0 Å². The first-order chi connectivity index (χ1) is 14.7. The number of nitrogens with zero attached hydrogens (tertiary/aromatic N) is 4. The van der Waals surface area contributed by atoms with Crippen LogP contribution in [0.5, 0.6) is 0 Å². The highest BCUT2D eigenvalue weighted by molar-refractivity contribution is 7.17. The van der Waals surface area contributed by atoms with Crippen molar-refractivity contribution in [1.29, 1.82) is 0 Å². The van der Waals surface area contributed by atoms with Gasteiger partial charge in [-0.25, -0.2) is 9.97 Å². The molecule has 0 radical (unpaired) electrons. The molecule has 0 bridgehead atoms. The van der Waals surface area contributed by atoms with Crippen LogP contribution in [-0.2, 0) is 0 Å². The van der Waals surface area contributed by atoms with Crippen molar-refractivity contribution in [3.63, 3.8) is 0 Å². The molecule has 8 heteroatoms. The summed E-state index contributed by atoms with van der Waals surface area (Å²) in [6, 6.07) is 11.7. The second-order valence-corrected chi connectivity index (χ2v) is 9.38. The van der Waals surface area contributed by atoms with Gasteiger partial charge in [0.25, 0.3) is 5.56 Å². The molecular weight excluding hydrogens is 416 g/mol. The van der Waals surface area contributed by atoms with Gasteiger partial charge < -0.3 is 5.11 Å². The maximum absolute atomic E-state index is 13.5. The summed E-state index contributed by atoms with van der Waals surface area (Å²) in [4.78, 5) is 24.8. The molecule has 1 atom stereocenters. The first-order valence-corrected chi connectivity index (χ1v) is 11.2. The molecule has 0 fully saturated rings. The molecule has 1 aliphatic heterocycles. The third-order valence-corrected chi connectivity index (χ3v) is 7.83. The van der Waals surface area contributed by atoms with Crippen molar-refractivity contribution in [1.82, 2.24) is 18.9 Å². The van der Waals surface area contributed by atoms with Crippen molar-refractivity contribution in [2.45, 2.75) is 6.23 Å². The lowest BCUT2D eigenvalue weighted by atomic mass is 9.91. The quantitative estimate of drug-likeness (QED) is 0.385. The van der Waals surface area contributed by atoms with Gasteiger partial charge in [0, 0.05) is 32.7 Å². The molecule has 6 nitrogen and oxygen atoms in total. The van der Waals surface area contributed by atoms with Crippen molar-refractivity contribution in [2.75, 3.05) is 0 Å². The predicted molar refractivity (Wildman–Crippen MR) is 120 cm³/mol. The van der Waals surface area contributed by atoms with E-state index in [1.807, 2.05) is 51.7 Å². The van der Waals surface area contributed by atoms with Crippen molar-refractivity contribution in [2.24, 2.45) is 0 Å². The average Bonchev–Trinajstić information content (AvgIpc) is 3.49. The highest BCUT2D eigenvalue weighted by atomic mass is 32.1. The van der Waals surface area contributed by atoms with Crippen LogP contribution in [0, 0.1) is 0 Å². The van der Waals surface area contributed by atoms with E-state index in [0.29, 0.717) is 11.0 Å². The molecule has 0 amide bonds. The zero-order valence-corrected chi connectivity index (χ0v) is 16.8. The summed E-state index contributed by atoms with van der Waals surface area (Å²) < 4.78 is 3.59. The lowest BCUT2D eigenvalue weighted by Gasteiger charge is -2.26. The van der Waals surface area contributed by atoms with E-state index >= 15 is 0 Å². The van der Waals surface area contributed by atoms with E-state index in [0.717, 1.165) is 53.8 Å². The number of aliphatic hydroxyl groups is 1. The summed E-state index contributed by atoms with van der Waals surface area (Å²) in [7, 11) is 0.